The molecule has 12 atom stereocenters. The molecule has 3 fully saturated rings. The van der Waals surface area contributed by atoms with Gasteiger partial charge in [0.15, 0.2) is 6.29 Å². The largest absolute Gasteiger partial charge is 0.481 e. The molecule has 260 valence electrons. The second kappa shape index (κ2) is 12.4. The third-order valence-corrected chi connectivity index (χ3v) is 14.1. The number of fused-ring (bicyclic) bond motifs is 4. The Kier molecular flexibility index (Phi) is 9.59. The van der Waals surface area contributed by atoms with E-state index in [1.54, 1.807) is 0 Å². The molecule has 4 aliphatic carbocycles. The molecule has 0 radical (unpaired) electrons. The molecule has 46 heavy (non-hydrogen) atoms. The van der Waals surface area contributed by atoms with Crippen LogP contribution in [-0.4, -0.2) is 80.7 Å². The number of ketones is 1. The van der Waals surface area contributed by atoms with Crippen molar-refractivity contribution in [1.29, 1.82) is 0 Å². The predicted octanol–water partition coefficient (Wildman–Crippen LogP) is 4.79. The van der Waals surface area contributed by atoms with E-state index < -0.39 is 66.1 Å². The van der Waals surface area contributed by atoms with Gasteiger partial charge in [-0.2, -0.15) is 0 Å². The number of aliphatic hydroxyl groups is 4. The number of hydrogen-bond acceptors (Lipinski definition) is 8. The highest BCUT2D eigenvalue weighted by molar-refractivity contribution is 5.86. The van der Waals surface area contributed by atoms with E-state index in [1.807, 2.05) is 13.8 Å². The van der Waals surface area contributed by atoms with Crippen molar-refractivity contribution in [2.24, 2.45) is 45.3 Å². The molecule has 1 heterocycles. The fraction of sp³-hybridized carbons (Fsp3) is 0.838. The highest BCUT2D eigenvalue weighted by Crippen LogP contribution is 2.72. The van der Waals surface area contributed by atoms with Gasteiger partial charge in [0.1, 0.15) is 30.2 Å². The Hall–Kier alpha value is -1.62. The molecule has 0 amide bonds. The van der Waals surface area contributed by atoms with Crippen molar-refractivity contribution < 1.29 is 44.6 Å². The van der Waals surface area contributed by atoms with Crippen LogP contribution in [0.3, 0.4) is 0 Å². The quantitative estimate of drug-likeness (QED) is 0.223. The lowest BCUT2D eigenvalue weighted by Gasteiger charge is -2.62. The Labute approximate surface area is 274 Å². The molecular weight excluding hydrogens is 588 g/mol. The van der Waals surface area contributed by atoms with Gasteiger partial charge in [0, 0.05) is 11.8 Å². The van der Waals surface area contributed by atoms with Crippen molar-refractivity contribution in [3.8, 4) is 0 Å². The second-order valence-corrected chi connectivity index (χ2v) is 16.8. The fourth-order valence-corrected chi connectivity index (χ4v) is 10.7. The van der Waals surface area contributed by atoms with Crippen molar-refractivity contribution in [2.45, 2.75) is 143 Å². The van der Waals surface area contributed by atoms with E-state index in [4.69, 9.17) is 9.47 Å². The number of aliphatic hydroxyl groups excluding tert-OH is 4. The van der Waals surface area contributed by atoms with Gasteiger partial charge in [-0.05, 0) is 90.9 Å². The van der Waals surface area contributed by atoms with E-state index in [0.29, 0.717) is 31.6 Å². The summed E-state index contributed by atoms with van der Waals surface area (Å²) in [6.45, 7) is 18.7. The molecule has 1 aliphatic heterocycles. The molecular formula is C37H58O9. The molecule has 9 heteroatoms. The number of carbonyl (C=O) groups excluding carboxylic acids is 1. The third-order valence-electron chi connectivity index (χ3n) is 14.1. The molecule has 0 aromatic carbocycles. The zero-order valence-electron chi connectivity index (χ0n) is 28.9. The van der Waals surface area contributed by atoms with Gasteiger partial charge in [-0.1, -0.05) is 66.2 Å². The number of rotatable bonds is 9. The molecule has 5 aliphatic rings. The number of ether oxygens (including phenoxy) is 2. The summed E-state index contributed by atoms with van der Waals surface area (Å²) in [5.74, 6) is -0.827. The first-order valence-corrected chi connectivity index (χ1v) is 17.5. The Bertz CT molecular complexity index is 1250. The first-order chi connectivity index (χ1) is 21.3. The van der Waals surface area contributed by atoms with Crippen molar-refractivity contribution >= 4 is 11.8 Å². The smallest absolute Gasteiger partial charge is 0.306 e. The molecule has 0 aromatic heterocycles. The Morgan fingerprint density at radius 2 is 1.70 bits per heavy atom. The maximum absolute atomic E-state index is 13.3. The van der Waals surface area contributed by atoms with Gasteiger partial charge in [0.05, 0.1) is 18.6 Å². The summed E-state index contributed by atoms with van der Waals surface area (Å²) in [6.07, 6.45) is -1.40. The molecule has 1 unspecified atom stereocenters. The van der Waals surface area contributed by atoms with Crippen LogP contribution in [-0.2, 0) is 19.1 Å². The van der Waals surface area contributed by atoms with Crippen LogP contribution in [0, 0.1) is 45.3 Å². The molecule has 9 nitrogen and oxygen atoms in total. The number of carboxylic acid groups (broad SMARTS) is 1. The van der Waals surface area contributed by atoms with Crippen LogP contribution in [0.25, 0.3) is 0 Å². The molecule has 2 saturated carbocycles. The number of Topliss-reactive ketones (excluding diaryl/α,β-unsaturated/α-hetero) is 1. The monoisotopic (exact) mass is 646 g/mol. The van der Waals surface area contributed by atoms with Crippen LogP contribution in [0.2, 0.25) is 0 Å². The molecule has 0 spiro atoms. The zero-order valence-corrected chi connectivity index (χ0v) is 28.9. The van der Waals surface area contributed by atoms with Crippen molar-refractivity contribution in [1.82, 2.24) is 0 Å². The molecule has 0 bridgehead atoms. The maximum Gasteiger partial charge on any atom is 0.306 e. The van der Waals surface area contributed by atoms with Gasteiger partial charge in [-0.3, -0.25) is 9.59 Å². The lowest BCUT2D eigenvalue weighted by molar-refractivity contribution is -0.312. The van der Waals surface area contributed by atoms with Gasteiger partial charge in [-0.25, -0.2) is 0 Å². The van der Waals surface area contributed by atoms with Gasteiger partial charge in [0.2, 0.25) is 0 Å². The zero-order chi connectivity index (χ0) is 34.1. The summed E-state index contributed by atoms with van der Waals surface area (Å²) in [4.78, 5) is 26.2. The number of carboxylic acids is 1. The minimum absolute atomic E-state index is 0.0335. The first-order valence-electron chi connectivity index (χ1n) is 17.5. The number of hydrogen-bond donors (Lipinski definition) is 5. The van der Waals surface area contributed by atoms with E-state index in [0.717, 1.165) is 43.3 Å². The summed E-state index contributed by atoms with van der Waals surface area (Å²) in [5, 5.41) is 52.5. The van der Waals surface area contributed by atoms with Crippen LogP contribution in [0.1, 0.15) is 106 Å². The molecule has 5 rings (SSSR count). The van der Waals surface area contributed by atoms with Crippen molar-refractivity contribution in [3.63, 3.8) is 0 Å². The highest BCUT2D eigenvalue weighted by Gasteiger charge is 2.66. The first kappa shape index (κ1) is 35.7. The topological polar surface area (TPSA) is 154 Å². The van der Waals surface area contributed by atoms with E-state index in [-0.39, 0.29) is 28.4 Å². The molecule has 5 N–H and O–H groups in total. The summed E-state index contributed by atoms with van der Waals surface area (Å²) in [6, 6.07) is 0. The van der Waals surface area contributed by atoms with E-state index >= 15 is 0 Å². The van der Waals surface area contributed by atoms with Crippen molar-refractivity contribution in [3.05, 3.63) is 23.3 Å². The number of aliphatic carboxylic acids is 1. The number of carbonyl (C=O) groups is 2. The SMILES string of the molecule is C=C(CC[C@H](C(=O)O)[C@H]1CC[C@@]2(C)C3=C(CC[C@]12C)[C@@]1(C)CCC(=O)C(C)(C)C1C[C@H]3O[C@@H]1O[C@H](CO)[C@@H](O)[C@H](O)[C@H]1O)C(C)C. The normalized spacial score (nSPS) is 44.4. The minimum atomic E-state index is -1.56. The average molecular weight is 647 g/mol. The standard InChI is InChI=1S/C37H58O9/c1-19(2)20(3)9-10-21(32(43)44)22-11-16-37(8)28-23(12-15-36(22,37)7)35(6)14-13-27(39)34(4,5)26(35)17-24(28)45-33-31(42)30(41)29(40)25(18-38)46-33/h19,21-22,24-26,29-31,33,38,40-42H,3,9-18H2,1-2,4-8H3,(H,43,44)/t21-,22+,24+,25+,26?,29+,30-,31+,33+,35+,36+,37-/m0/s1. The third kappa shape index (κ3) is 5.36. The lowest BCUT2D eigenvalue weighted by atomic mass is 9.43. The Balaban J connectivity index is 1.58. The summed E-state index contributed by atoms with van der Waals surface area (Å²) < 4.78 is 12.6. The van der Waals surface area contributed by atoms with Gasteiger partial charge in [-0.15, -0.1) is 0 Å². The average Bonchev–Trinajstić information content (AvgIpc) is 3.26. The summed E-state index contributed by atoms with van der Waals surface area (Å²) in [5.41, 5.74) is 1.90. The van der Waals surface area contributed by atoms with Crippen molar-refractivity contribution in [2.75, 3.05) is 6.61 Å². The number of allylic oxidation sites excluding steroid dienone is 2. The van der Waals surface area contributed by atoms with Gasteiger partial charge in [0.25, 0.3) is 0 Å². The van der Waals surface area contributed by atoms with E-state index in [2.05, 4.69) is 41.2 Å². The van der Waals surface area contributed by atoms with Crippen LogP contribution in [0.15, 0.2) is 23.3 Å². The van der Waals surface area contributed by atoms with Gasteiger partial charge < -0.3 is 35.0 Å². The van der Waals surface area contributed by atoms with Gasteiger partial charge >= 0.3 is 5.97 Å². The predicted molar refractivity (Wildman–Crippen MR) is 172 cm³/mol. The summed E-state index contributed by atoms with van der Waals surface area (Å²) in [7, 11) is 0. The van der Waals surface area contributed by atoms with Crippen LogP contribution >= 0.6 is 0 Å². The maximum atomic E-state index is 13.3. The van der Waals surface area contributed by atoms with E-state index in [9.17, 15) is 35.1 Å². The van der Waals surface area contributed by atoms with E-state index in [1.165, 1.54) is 5.57 Å². The Morgan fingerprint density at radius 1 is 1.02 bits per heavy atom. The minimum Gasteiger partial charge on any atom is -0.481 e. The fourth-order valence-electron chi connectivity index (χ4n) is 10.7. The van der Waals surface area contributed by atoms with Crippen LogP contribution in [0.5, 0.6) is 0 Å². The lowest BCUT2D eigenvalue weighted by Crippen LogP contribution is -2.61. The Morgan fingerprint density at radius 3 is 2.30 bits per heavy atom. The second-order valence-electron chi connectivity index (χ2n) is 16.8. The summed E-state index contributed by atoms with van der Waals surface area (Å²) >= 11 is 0. The highest BCUT2D eigenvalue weighted by atomic mass is 16.7. The van der Waals surface area contributed by atoms with Crippen LogP contribution < -0.4 is 0 Å². The van der Waals surface area contributed by atoms with Crippen LogP contribution in [0.4, 0.5) is 0 Å². The molecule has 0 aromatic rings. The molecule has 1 saturated heterocycles.